The Morgan fingerprint density at radius 3 is 2.64 bits per heavy atom. The average molecular weight is 479 g/mol. The van der Waals surface area contributed by atoms with Crippen LogP contribution in [0.25, 0.3) is 11.8 Å². The van der Waals surface area contributed by atoms with E-state index in [-0.39, 0.29) is 17.2 Å². The Hall–Kier alpha value is -2.22. The summed E-state index contributed by atoms with van der Waals surface area (Å²) in [5, 5.41) is 3.24. The van der Waals surface area contributed by atoms with E-state index in [0.29, 0.717) is 5.02 Å². The smallest absolute Gasteiger partial charge is 0.265 e. The molecular formula is C20H17BrClN3O2S. The molecule has 0 bridgehead atoms. The first-order valence-electron chi connectivity index (χ1n) is 8.38. The zero-order valence-electron chi connectivity index (χ0n) is 15.3. The maximum absolute atomic E-state index is 12.7. The highest BCUT2D eigenvalue weighted by Crippen LogP contribution is 2.29. The number of amides is 2. The summed E-state index contributed by atoms with van der Waals surface area (Å²) in [6.45, 7) is 7.73. The number of aromatic nitrogens is 1. The third-order valence-corrected chi connectivity index (χ3v) is 5.98. The molecule has 2 heterocycles. The van der Waals surface area contributed by atoms with E-state index in [1.54, 1.807) is 12.2 Å². The number of carbonyl (C=O) groups excluding carboxylic acids is 2. The van der Waals surface area contributed by atoms with Crippen LogP contribution in [-0.4, -0.2) is 32.9 Å². The summed E-state index contributed by atoms with van der Waals surface area (Å²) in [7, 11) is 0. The molecule has 8 heteroatoms. The van der Waals surface area contributed by atoms with Gasteiger partial charge in [0, 0.05) is 28.1 Å². The minimum absolute atomic E-state index is 0.0320. The van der Waals surface area contributed by atoms with Crippen LogP contribution in [0.4, 0.5) is 0 Å². The number of halogens is 2. The molecule has 1 aliphatic heterocycles. The lowest BCUT2D eigenvalue weighted by Crippen LogP contribution is -2.53. The SMILES string of the molecule is C=CCN1C(=O)C(=Cc2cc(C)n(-c3ccc(Br)c(Cl)c3)c2C)C(=O)NC1=S. The second-order valence-electron chi connectivity index (χ2n) is 6.28. The summed E-state index contributed by atoms with van der Waals surface area (Å²) in [6, 6.07) is 7.59. The van der Waals surface area contributed by atoms with E-state index >= 15 is 0 Å². The van der Waals surface area contributed by atoms with E-state index < -0.39 is 11.8 Å². The predicted molar refractivity (Wildman–Crippen MR) is 119 cm³/mol. The molecule has 0 spiro atoms. The molecule has 144 valence electrons. The largest absolute Gasteiger partial charge is 0.318 e. The topological polar surface area (TPSA) is 54.3 Å². The van der Waals surface area contributed by atoms with E-state index in [4.69, 9.17) is 23.8 Å². The molecule has 1 N–H and O–H groups in total. The molecule has 2 aromatic rings. The molecule has 0 atom stereocenters. The van der Waals surface area contributed by atoms with Gasteiger partial charge in [-0.1, -0.05) is 17.7 Å². The summed E-state index contributed by atoms with van der Waals surface area (Å²) in [5.41, 5.74) is 3.52. The lowest BCUT2D eigenvalue weighted by molar-refractivity contribution is -0.128. The predicted octanol–water partition coefficient (Wildman–Crippen LogP) is 4.32. The van der Waals surface area contributed by atoms with Crippen molar-refractivity contribution in [3.63, 3.8) is 0 Å². The van der Waals surface area contributed by atoms with Crippen molar-refractivity contribution in [3.8, 4) is 5.69 Å². The standard InChI is InChI=1S/C20H17BrClN3O2S/c1-4-7-24-19(27)15(18(26)23-20(24)28)9-13-8-11(2)25(12(13)3)14-5-6-16(21)17(22)10-14/h4-6,8-10H,1,7H2,2-3H3,(H,23,26,28). The van der Waals surface area contributed by atoms with Gasteiger partial charge in [-0.25, -0.2) is 0 Å². The van der Waals surface area contributed by atoms with E-state index in [9.17, 15) is 9.59 Å². The molecule has 0 unspecified atom stereocenters. The number of rotatable bonds is 4. The summed E-state index contributed by atoms with van der Waals surface area (Å²) < 4.78 is 2.83. The summed E-state index contributed by atoms with van der Waals surface area (Å²) in [5.74, 6) is -0.947. The van der Waals surface area contributed by atoms with Gasteiger partial charge in [-0.2, -0.15) is 0 Å². The molecule has 0 saturated carbocycles. The average Bonchev–Trinajstić information content (AvgIpc) is 2.91. The first kappa shape index (κ1) is 20.5. The highest BCUT2D eigenvalue weighted by atomic mass is 79.9. The fourth-order valence-electron chi connectivity index (χ4n) is 3.10. The third-order valence-electron chi connectivity index (χ3n) is 4.43. The minimum atomic E-state index is -0.508. The zero-order valence-corrected chi connectivity index (χ0v) is 18.4. The summed E-state index contributed by atoms with van der Waals surface area (Å²) in [4.78, 5) is 26.4. The second kappa shape index (κ2) is 8.03. The normalized spacial score (nSPS) is 15.9. The molecule has 1 aromatic heterocycles. The van der Waals surface area contributed by atoms with Crippen molar-refractivity contribution < 1.29 is 9.59 Å². The monoisotopic (exact) mass is 477 g/mol. The van der Waals surface area contributed by atoms with Gasteiger partial charge >= 0.3 is 0 Å². The van der Waals surface area contributed by atoms with E-state index in [0.717, 1.165) is 27.1 Å². The van der Waals surface area contributed by atoms with Gasteiger partial charge in [0.1, 0.15) is 5.57 Å². The number of aryl methyl sites for hydroxylation is 1. The number of hydrogen-bond donors (Lipinski definition) is 1. The molecule has 3 rings (SSSR count). The number of hydrogen-bond acceptors (Lipinski definition) is 3. The van der Waals surface area contributed by atoms with E-state index in [1.807, 2.05) is 42.7 Å². The molecule has 1 fully saturated rings. The first-order valence-corrected chi connectivity index (χ1v) is 9.96. The Bertz CT molecular complexity index is 1060. The van der Waals surface area contributed by atoms with Crippen molar-refractivity contribution in [1.82, 2.24) is 14.8 Å². The third kappa shape index (κ3) is 3.70. The molecule has 1 aromatic carbocycles. The highest BCUT2D eigenvalue weighted by Gasteiger charge is 2.32. The Balaban J connectivity index is 2.06. The van der Waals surface area contributed by atoms with Crippen LogP contribution in [-0.2, 0) is 9.59 Å². The van der Waals surface area contributed by atoms with Gasteiger partial charge in [-0.15, -0.1) is 6.58 Å². The van der Waals surface area contributed by atoms with Crippen LogP contribution in [0.3, 0.4) is 0 Å². The van der Waals surface area contributed by atoms with Crippen molar-refractivity contribution in [2.24, 2.45) is 0 Å². The van der Waals surface area contributed by atoms with Crippen LogP contribution in [0.2, 0.25) is 5.02 Å². The molecular weight excluding hydrogens is 462 g/mol. The lowest BCUT2D eigenvalue weighted by Gasteiger charge is -2.27. The summed E-state index contributed by atoms with van der Waals surface area (Å²) in [6.07, 6.45) is 3.15. The van der Waals surface area contributed by atoms with Crippen LogP contribution in [0.15, 0.2) is 47.0 Å². The Labute approximate surface area is 181 Å². The number of benzene rings is 1. The van der Waals surface area contributed by atoms with Crippen molar-refractivity contribution in [1.29, 1.82) is 0 Å². The van der Waals surface area contributed by atoms with Crippen molar-refractivity contribution >= 4 is 62.8 Å². The first-order chi connectivity index (χ1) is 13.2. The van der Waals surface area contributed by atoms with E-state index in [1.165, 1.54) is 4.90 Å². The molecule has 2 amide bonds. The Morgan fingerprint density at radius 1 is 1.29 bits per heavy atom. The van der Waals surface area contributed by atoms with Crippen molar-refractivity contribution in [3.05, 3.63) is 68.9 Å². The van der Waals surface area contributed by atoms with Crippen LogP contribution >= 0.6 is 39.7 Å². The Kier molecular flexibility index (Phi) is 5.88. The minimum Gasteiger partial charge on any atom is -0.318 e. The number of nitrogens with one attached hydrogen (secondary N) is 1. The molecule has 0 aliphatic carbocycles. The Morgan fingerprint density at radius 2 is 2.00 bits per heavy atom. The fraction of sp³-hybridized carbons (Fsp3) is 0.150. The molecule has 1 aliphatic rings. The molecule has 0 radical (unpaired) electrons. The van der Waals surface area contributed by atoms with Crippen LogP contribution in [0, 0.1) is 13.8 Å². The van der Waals surface area contributed by atoms with Crippen LogP contribution in [0.5, 0.6) is 0 Å². The highest BCUT2D eigenvalue weighted by molar-refractivity contribution is 9.10. The molecule has 28 heavy (non-hydrogen) atoms. The second-order valence-corrected chi connectivity index (χ2v) is 7.93. The van der Waals surface area contributed by atoms with Gasteiger partial charge in [0.05, 0.1) is 5.02 Å². The maximum Gasteiger partial charge on any atom is 0.265 e. The van der Waals surface area contributed by atoms with Crippen molar-refractivity contribution in [2.75, 3.05) is 6.54 Å². The molecule has 1 saturated heterocycles. The van der Waals surface area contributed by atoms with Gasteiger partial charge in [0.25, 0.3) is 11.8 Å². The van der Waals surface area contributed by atoms with Crippen molar-refractivity contribution in [2.45, 2.75) is 13.8 Å². The maximum atomic E-state index is 12.7. The van der Waals surface area contributed by atoms with Gasteiger partial charge in [-0.3, -0.25) is 19.8 Å². The van der Waals surface area contributed by atoms with E-state index in [2.05, 4.69) is 27.8 Å². The van der Waals surface area contributed by atoms with Crippen LogP contribution in [0.1, 0.15) is 17.0 Å². The van der Waals surface area contributed by atoms with Gasteiger partial charge in [0.2, 0.25) is 0 Å². The number of nitrogens with zero attached hydrogens (tertiary/aromatic N) is 2. The summed E-state index contributed by atoms with van der Waals surface area (Å²) >= 11 is 14.7. The van der Waals surface area contributed by atoms with Gasteiger partial charge in [-0.05, 0) is 77.9 Å². The fourth-order valence-corrected chi connectivity index (χ4v) is 3.77. The lowest BCUT2D eigenvalue weighted by atomic mass is 10.1. The van der Waals surface area contributed by atoms with Gasteiger partial charge in [0.15, 0.2) is 5.11 Å². The zero-order chi connectivity index (χ0) is 20.6. The number of carbonyl (C=O) groups is 2. The molecule has 5 nitrogen and oxygen atoms in total. The van der Waals surface area contributed by atoms with Gasteiger partial charge < -0.3 is 4.57 Å². The quantitative estimate of drug-likeness (QED) is 0.308. The van der Waals surface area contributed by atoms with Crippen LogP contribution < -0.4 is 5.32 Å². The number of thiocarbonyl (C=S) groups is 1.